The summed E-state index contributed by atoms with van der Waals surface area (Å²) in [5, 5.41) is 31.0. The largest absolute Gasteiger partial charge is 0.475 e. The molecule has 1 aromatic heterocycles. The molecule has 0 aliphatic carbocycles. The van der Waals surface area contributed by atoms with E-state index >= 15 is 0 Å². The predicted molar refractivity (Wildman–Crippen MR) is 86.5 cm³/mol. The van der Waals surface area contributed by atoms with Crippen LogP contribution in [0.5, 0.6) is 0 Å². The summed E-state index contributed by atoms with van der Waals surface area (Å²) >= 11 is 0. The van der Waals surface area contributed by atoms with Crippen molar-refractivity contribution in [3.8, 4) is 12.1 Å². The molecule has 7 nitrogen and oxygen atoms in total. The normalized spacial score (nSPS) is 10.2. The van der Waals surface area contributed by atoms with Gasteiger partial charge in [-0.15, -0.1) is 5.10 Å². The second-order valence-electron chi connectivity index (χ2n) is 5.22. The fourth-order valence-corrected chi connectivity index (χ4v) is 2.48. The summed E-state index contributed by atoms with van der Waals surface area (Å²) in [5.74, 6) is -1.51. The average Bonchev–Trinajstić information content (AvgIpc) is 3.13. The number of carboxylic acid groups (broad SMARTS) is 1. The maximum atomic E-state index is 11.1. The van der Waals surface area contributed by atoms with Gasteiger partial charge in [0.2, 0.25) is 0 Å². The number of hydrogen-bond donors (Lipinski definition) is 1. The van der Waals surface area contributed by atoms with Gasteiger partial charge in [-0.05, 0) is 35.4 Å². The number of carbonyl (C=O) groups is 1. The number of aromatic nitrogens is 3. The van der Waals surface area contributed by atoms with E-state index in [0.29, 0.717) is 11.1 Å². The number of nitrogens with zero attached hydrogens (tertiary/aromatic N) is 5. The lowest BCUT2D eigenvalue weighted by Gasteiger charge is -2.18. The van der Waals surface area contributed by atoms with Crippen LogP contribution < -0.4 is 0 Å². The van der Waals surface area contributed by atoms with Gasteiger partial charge in [-0.25, -0.2) is 14.5 Å². The molecule has 0 bridgehead atoms. The lowest BCUT2D eigenvalue weighted by molar-refractivity contribution is 0.0683. The highest BCUT2D eigenvalue weighted by Gasteiger charge is 2.20. The average molecular weight is 329 g/mol. The van der Waals surface area contributed by atoms with Crippen LogP contribution in [0.25, 0.3) is 0 Å². The monoisotopic (exact) mass is 329 g/mol. The third-order valence-corrected chi connectivity index (χ3v) is 3.68. The van der Waals surface area contributed by atoms with Crippen LogP contribution in [-0.4, -0.2) is 25.8 Å². The molecule has 1 N–H and O–H groups in total. The third kappa shape index (κ3) is 3.21. The topological polar surface area (TPSA) is 116 Å². The Morgan fingerprint density at radius 1 is 0.960 bits per heavy atom. The van der Waals surface area contributed by atoms with E-state index in [4.69, 9.17) is 15.6 Å². The van der Waals surface area contributed by atoms with Crippen LogP contribution >= 0.6 is 0 Å². The lowest BCUT2D eigenvalue weighted by Crippen LogP contribution is -2.14. The van der Waals surface area contributed by atoms with E-state index in [2.05, 4.69) is 22.2 Å². The fourth-order valence-electron chi connectivity index (χ4n) is 2.48. The van der Waals surface area contributed by atoms with Crippen LogP contribution in [0.4, 0.5) is 0 Å². The lowest BCUT2D eigenvalue weighted by atomic mass is 9.97. The van der Waals surface area contributed by atoms with E-state index in [1.165, 1.54) is 11.0 Å². The number of nitriles is 2. The first-order valence-electron chi connectivity index (χ1n) is 7.27. The second kappa shape index (κ2) is 6.65. The molecule has 3 rings (SSSR count). The number of aromatic carboxylic acids is 1. The minimum absolute atomic E-state index is 0.299. The number of benzene rings is 2. The van der Waals surface area contributed by atoms with Crippen molar-refractivity contribution in [2.24, 2.45) is 0 Å². The van der Waals surface area contributed by atoms with Gasteiger partial charge in [-0.3, -0.25) is 0 Å². The Labute approximate surface area is 143 Å². The first kappa shape index (κ1) is 15.9. The van der Waals surface area contributed by atoms with Crippen LogP contribution in [0.15, 0.2) is 54.9 Å². The molecular formula is C18H11N5O2. The van der Waals surface area contributed by atoms with E-state index < -0.39 is 12.0 Å². The zero-order chi connectivity index (χ0) is 17.8. The van der Waals surface area contributed by atoms with Gasteiger partial charge in [0, 0.05) is 0 Å². The zero-order valence-corrected chi connectivity index (χ0v) is 12.9. The van der Waals surface area contributed by atoms with Gasteiger partial charge in [-0.1, -0.05) is 24.3 Å². The molecule has 0 radical (unpaired) electrons. The van der Waals surface area contributed by atoms with Gasteiger partial charge in [0.05, 0.1) is 23.3 Å². The zero-order valence-electron chi connectivity index (χ0n) is 12.9. The smallest absolute Gasteiger partial charge is 0.375 e. The van der Waals surface area contributed by atoms with E-state index in [0.717, 1.165) is 11.1 Å². The van der Waals surface area contributed by atoms with Crippen molar-refractivity contribution in [2.75, 3.05) is 0 Å². The van der Waals surface area contributed by atoms with Crippen molar-refractivity contribution in [1.29, 1.82) is 10.5 Å². The van der Waals surface area contributed by atoms with Crippen molar-refractivity contribution in [3.63, 3.8) is 0 Å². The molecular weight excluding hydrogens is 318 g/mol. The molecule has 0 aliphatic heterocycles. The molecule has 2 aromatic carbocycles. The first-order valence-corrected chi connectivity index (χ1v) is 7.27. The van der Waals surface area contributed by atoms with Gasteiger partial charge in [0.15, 0.2) is 0 Å². The van der Waals surface area contributed by atoms with Gasteiger partial charge in [-0.2, -0.15) is 10.5 Å². The summed E-state index contributed by atoms with van der Waals surface area (Å²) in [5.41, 5.74) is 2.66. The molecule has 0 unspecified atom stereocenters. The van der Waals surface area contributed by atoms with Crippen molar-refractivity contribution in [1.82, 2.24) is 14.8 Å². The van der Waals surface area contributed by atoms with E-state index in [-0.39, 0.29) is 5.82 Å². The minimum atomic E-state index is -1.21. The molecule has 0 saturated carbocycles. The molecule has 1 heterocycles. The molecule has 0 atom stereocenters. The highest BCUT2D eigenvalue weighted by molar-refractivity contribution is 5.82. The Hall–Kier alpha value is -3.97. The standard InChI is InChI=1S/C18H11N5O2/c19-9-12-1-5-14(6-2-12)16(15-7-3-13(10-20)4-8-15)23-11-21-17(22-23)18(24)25/h1-8,11,16H,(H,24,25). The molecule has 3 aromatic rings. The first-order chi connectivity index (χ1) is 12.1. The van der Waals surface area contributed by atoms with Crippen LogP contribution in [0, 0.1) is 22.7 Å². The molecule has 0 saturated heterocycles. The Kier molecular flexibility index (Phi) is 4.23. The third-order valence-electron chi connectivity index (χ3n) is 3.68. The number of hydrogen-bond acceptors (Lipinski definition) is 5. The van der Waals surface area contributed by atoms with Crippen LogP contribution in [0.1, 0.15) is 38.9 Å². The summed E-state index contributed by atoms with van der Waals surface area (Å²) in [6.07, 6.45) is 1.35. The summed E-state index contributed by atoms with van der Waals surface area (Å²) in [7, 11) is 0. The van der Waals surface area contributed by atoms with Crippen molar-refractivity contribution < 1.29 is 9.90 Å². The van der Waals surface area contributed by atoms with Gasteiger partial charge in [0.25, 0.3) is 5.82 Å². The fraction of sp³-hybridized carbons (Fsp3) is 0.0556. The Bertz CT molecular complexity index is 934. The molecule has 0 amide bonds. The number of carboxylic acids is 1. The molecule has 0 fully saturated rings. The van der Waals surface area contributed by atoms with Crippen molar-refractivity contribution >= 4 is 5.97 Å². The van der Waals surface area contributed by atoms with E-state index in [1.54, 1.807) is 48.5 Å². The highest BCUT2D eigenvalue weighted by atomic mass is 16.4. The second-order valence-corrected chi connectivity index (χ2v) is 5.22. The molecule has 25 heavy (non-hydrogen) atoms. The van der Waals surface area contributed by atoms with Gasteiger partial charge < -0.3 is 5.11 Å². The maximum absolute atomic E-state index is 11.1. The summed E-state index contributed by atoms with van der Waals surface area (Å²) < 4.78 is 1.45. The Balaban J connectivity index is 2.10. The highest BCUT2D eigenvalue weighted by Crippen LogP contribution is 2.26. The molecule has 7 heteroatoms. The van der Waals surface area contributed by atoms with E-state index in [9.17, 15) is 4.79 Å². The van der Waals surface area contributed by atoms with Crippen LogP contribution in [-0.2, 0) is 0 Å². The minimum Gasteiger partial charge on any atom is -0.475 e. The number of rotatable bonds is 4. The van der Waals surface area contributed by atoms with Gasteiger partial charge >= 0.3 is 5.97 Å². The van der Waals surface area contributed by atoms with Gasteiger partial charge in [0.1, 0.15) is 12.4 Å². The van der Waals surface area contributed by atoms with Crippen LogP contribution in [0.3, 0.4) is 0 Å². The molecule has 120 valence electrons. The maximum Gasteiger partial charge on any atom is 0.375 e. The van der Waals surface area contributed by atoms with Crippen molar-refractivity contribution in [3.05, 3.63) is 82.9 Å². The molecule has 0 aliphatic rings. The SMILES string of the molecule is N#Cc1ccc(C(c2ccc(C#N)cc2)n2cnc(C(=O)O)n2)cc1. The Morgan fingerprint density at radius 3 is 1.80 bits per heavy atom. The van der Waals surface area contributed by atoms with Crippen LogP contribution in [0.2, 0.25) is 0 Å². The summed E-state index contributed by atoms with van der Waals surface area (Å²) in [4.78, 5) is 14.9. The Morgan fingerprint density at radius 2 is 1.44 bits per heavy atom. The predicted octanol–water partition coefficient (Wildman–Crippen LogP) is 2.36. The van der Waals surface area contributed by atoms with E-state index in [1.807, 2.05) is 0 Å². The summed E-state index contributed by atoms with van der Waals surface area (Å²) in [6.45, 7) is 0. The molecule has 0 spiro atoms. The quantitative estimate of drug-likeness (QED) is 0.785. The van der Waals surface area contributed by atoms with Crippen molar-refractivity contribution in [2.45, 2.75) is 6.04 Å². The summed E-state index contributed by atoms with van der Waals surface area (Å²) in [6, 6.07) is 17.5.